The fourth-order valence-corrected chi connectivity index (χ4v) is 4.44. The van der Waals surface area contributed by atoms with Crippen LogP contribution in [0, 0.1) is 24.6 Å². The van der Waals surface area contributed by atoms with Crippen molar-refractivity contribution in [2.45, 2.75) is 32.2 Å². The lowest BCUT2D eigenvalue weighted by molar-refractivity contribution is 0.0560. The number of nitrogens with zero attached hydrogens (tertiary/aromatic N) is 5. The van der Waals surface area contributed by atoms with Crippen molar-refractivity contribution in [1.29, 1.82) is 0 Å². The second-order valence-corrected chi connectivity index (χ2v) is 8.48. The van der Waals surface area contributed by atoms with Gasteiger partial charge in [0.2, 0.25) is 5.88 Å². The first-order valence-electron chi connectivity index (χ1n) is 10.9. The fraction of sp³-hybridized carbons (Fsp3) is 0.375. The van der Waals surface area contributed by atoms with E-state index in [1.54, 1.807) is 18.5 Å². The van der Waals surface area contributed by atoms with Gasteiger partial charge >= 0.3 is 0 Å². The highest BCUT2D eigenvalue weighted by Crippen LogP contribution is 2.48. The highest BCUT2D eigenvalue weighted by atomic mass is 19.1. The molecule has 2 fully saturated rings. The number of hydrogen-bond donors (Lipinski definition) is 0. The van der Waals surface area contributed by atoms with Crippen molar-refractivity contribution >= 4 is 5.91 Å². The summed E-state index contributed by atoms with van der Waals surface area (Å²) < 4.78 is 18.8. The van der Waals surface area contributed by atoms with E-state index in [2.05, 4.69) is 19.9 Å². The maximum atomic E-state index is 13.7. The van der Waals surface area contributed by atoms with Crippen LogP contribution in [0.15, 0.2) is 48.9 Å². The number of carbonyl (C=O) groups is 1. The number of pyridine rings is 2. The summed E-state index contributed by atoms with van der Waals surface area (Å²) >= 11 is 0. The topological polar surface area (TPSA) is 81.1 Å². The van der Waals surface area contributed by atoms with Gasteiger partial charge in [-0.05, 0) is 55.9 Å². The third kappa shape index (κ3) is 4.30. The zero-order valence-electron chi connectivity index (χ0n) is 17.8. The molecule has 0 radical (unpaired) electrons. The maximum absolute atomic E-state index is 13.7. The molecule has 0 spiro atoms. The number of hydrogen-bond acceptors (Lipinski definition) is 6. The molecule has 3 aromatic heterocycles. The number of aryl methyl sites for hydroxylation is 1. The first-order chi connectivity index (χ1) is 15.6. The number of amides is 1. The zero-order chi connectivity index (χ0) is 22.1. The largest absolute Gasteiger partial charge is 0.478 e. The standard InChI is InChI=1S/C24H24FN5O2/c1-15-3-5-20(23-26-8-2-9-27-23)22(29-15)24(31)30-14-17-11-16(17)12-19(30)7-10-32-21-6-4-18(25)13-28-21/h2-6,8-9,13,16-17,19H,7,10-12,14H2,1H3/t16-,17+,19?/m0/s1. The molecule has 1 unspecified atom stereocenters. The third-order valence-electron chi connectivity index (χ3n) is 6.22. The highest BCUT2D eigenvalue weighted by molar-refractivity contribution is 5.98. The summed E-state index contributed by atoms with van der Waals surface area (Å²) in [6, 6.07) is 8.38. The molecule has 7 nitrogen and oxygen atoms in total. The summed E-state index contributed by atoms with van der Waals surface area (Å²) in [6.45, 7) is 3.01. The number of carbonyl (C=O) groups excluding carboxylic acids is 1. The third-order valence-corrected chi connectivity index (χ3v) is 6.22. The van der Waals surface area contributed by atoms with E-state index in [1.807, 2.05) is 24.0 Å². The lowest BCUT2D eigenvalue weighted by Crippen LogP contribution is -2.46. The molecule has 4 heterocycles. The average Bonchev–Trinajstić information content (AvgIpc) is 3.58. The van der Waals surface area contributed by atoms with Gasteiger partial charge in [-0.3, -0.25) is 4.79 Å². The van der Waals surface area contributed by atoms with Crippen LogP contribution in [0.25, 0.3) is 11.4 Å². The van der Waals surface area contributed by atoms with Crippen LogP contribution in [-0.4, -0.2) is 49.9 Å². The van der Waals surface area contributed by atoms with Gasteiger partial charge in [0, 0.05) is 43.2 Å². The summed E-state index contributed by atoms with van der Waals surface area (Å²) in [7, 11) is 0. The van der Waals surface area contributed by atoms with Gasteiger partial charge in [0.05, 0.1) is 18.4 Å². The van der Waals surface area contributed by atoms with E-state index in [9.17, 15) is 9.18 Å². The molecule has 1 aliphatic carbocycles. The van der Waals surface area contributed by atoms with Gasteiger partial charge in [-0.25, -0.2) is 24.3 Å². The number of halogens is 1. The van der Waals surface area contributed by atoms with Gasteiger partial charge in [-0.1, -0.05) is 0 Å². The Morgan fingerprint density at radius 2 is 1.97 bits per heavy atom. The Hall–Kier alpha value is -3.42. The van der Waals surface area contributed by atoms with Gasteiger partial charge in [0.25, 0.3) is 5.91 Å². The minimum atomic E-state index is -0.398. The molecule has 164 valence electrons. The van der Waals surface area contributed by atoms with Crippen LogP contribution >= 0.6 is 0 Å². The first-order valence-corrected chi connectivity index (χ1v) is 10.9. The summed E-state index contributed by atoms with van der Waals surface area (Å²) in [5.74, 6) is 1.63. The van der Waals surface area contributed by atoms with Crippen molar-refractivity contribution in [3.05, 3.63) is 66.1 Å². The van der Waals surface area contributed by atoms with E-state index in [0.29, 0.717) is 47.8 Å². The van der Waals surface area contributed by atoms with Crippen LogP contribution in [0.3, 0.4) is 0 Å². The van der Waals surface area contributed by atoms with Crippen molar-refractivity contribution in [2.24, 2.45) is 11.8 Å². The van der Waals surface area contributed by atoms with Crippen LogP contribution in [0.5, 0.6) is 5.88 Å². The molecular formula is C24H24FN5O2. The second kappa shape index (κ2) is 8.61. The van der Waals surface area contributed by atoms with Crippen LogP contribution < -0.4 is 4.74 Å². The molecule has 0 N–H and O–H groups in total. The van der Waals surface area contributed by atoms with Crippen LogP contribution in [-0.2, 0) is 0 Å². The Labute approximate surface area is 185 Å². The molecule has 5 rings (SSSR count). The Balaban J connectivity index is 1.35. The van der Waals surface area contributed by atoms with Gasteiger partial charge < -0.3 is 9.64 Å². The lowest BCUT2D eigenvalue weighted by atomic mass is 9.98. The fourth-order valence-electron chi connectivity index (χ4n) is 4.44. The molecular weight excluding hydrogens is 409 g/mol. The predicted molar refractivity (Wildman–Crippen MR) is 115 cm³/mol. The van der Waals surface area contributed by atoms with Gasteiger partial charge in [-0.2, -0.15) is 0 Å². The van der Waals surface area contributed by atoms with Crippen molar-refractivity contribution in [3.63, 3.8) is 0 Å². The van der Waals surface area contributed by atoms with Crippen molar-refractivity contribution in [1.82, 2.24) is 24.8 Å². The molecule has 2 aliphatic rings. The Morgan fingerprint density at radius 3 is 2.75 bits per heavy atom. The van der Waals surface area contributed by atoms with Crippen LogP contribution in [0.2, 0.25) is 0 Å². The quantitative estimate of drug-likeness (QED) is 0.590. The summed E-state index contributed by atoms with van der Waals surface area (Å²) in [5, 5.41) is 0. The molecule has 1 aliphatic heterocycles. The number of aromatic nitrogens is 4. The number of rotatable bonds is 6. The Morgan fingerprint density at radius 1 is 1.12 bits per heavy atom. The van der Waals surface area contributed by atoms with E-state index >= 15 is 0 Å². The Kier molecular flexibility index (Phi) is 5.51. The molecule has 3 atom stereocenters. The van der Waals surface area contributed by atoms with E-state index in [1.165, 1.54) is 12.1 Å². The zero-order valence-corrected chi connectivity index (χ0v) is 17.8. The molecule has 32 heavy (non-hydrogen) atoms. The lowest BCUT2D eigenvalue weighted by Gasteiger charge is -2.35. The minimum Gasteiger partial charge on any atom is -0.478 e. The monoisotopic (exact) mass is 433 g/mol. The first kappa shape index (κ1) is 20.5. The molecule has 3 aromatic rings. The van der Waals surface area contributed by atoms with Crippen LogP contribution in [0.4, 0.5) is 4.39 Å². The summed E-state index contributed by atoms with van der Waals surface area (Å²) in [5.41, 5.74) is 1.81. The highest BCUT2D eigenvalue weighted by Gasteiger charge is 2.47. The normalized spacial score (nSPS) is 21.7. The molecule has 0 bridgehead atoms. The Bertz CT molecular complexity index is 1110. The number of ether oxygens (including phenoxy) is 1. The van der Waals surface area contributed by atoms with Crippen molar-refractivity contribution in [3.8, 4) is 17.3 Å². The SMILES string of the molecule is Cc1ccc(-c2ncccn2)c(C(=O)N2C[C@H]3C[C@H]3CC2CCOc2ccc(F)cn2)n1. The molecule has 8 heteroatoms. The molecule has 1 saturated heterocycles. The van der Waals surface area contributed by atoms with E-state index in [4.69, 9.17) is 4.74 Å². The van der Waals surface area contributed by atoms with Crippen LogP contribution in [0.1, 0.15) is 35.4 Å². The summed E-state index contributed by atoms with van der Waals surface area (Å²) in [6.07, 6.45) is 7.26. The number of piperidine rings is 1. The molecule has 1 saturated carbocycles. The minimum absolute atomic E-state index is 0.0542. The van der Waals surface area contributed by atoms with E-state index in [0.717, 1.165) is 31.3 Å². The molecule has 1 amide bonds. The maximum Gasteiger partial charge on any atom is 0.273 e. The van der Waals surface area contributed by atoms with Crippen molar-refractivity contribution in [2.75, 3.05) is 13.2 Å². The molecule has 0 aromatic carbocycles. The number of fused-ring (bicyclic) bond motifs is 1. The smallest absolute Gasteiger partial charge is 0.273 e. The number of likely N-dealkylation sites (tertiary alicyclic amines) is 1. The van der Waals surface area contributed by atoms with Gasteiger partial charge in [-0.15, -0.1) is 0 Å². The van der Waals surface area contributed by atoms with E-state index < -0.39 is 5.82 Å². The average molecular weight is 433 g/mol. The second-order valence-electron chi connectivity index (χ2n) is 8.48. The summed E-state index contributed by atoms with van der Waals surface area (Å²) in [4.78, 5) is 32.8. The predicted octanol–water partition coefficient (Wildman–Crippen LogP) is 3.70. The van der Waals surface area contributed by atoms with Crippen molar-refractivity contribution < 1.29 is 13.9 Å². The van der Waals surface area contributed by atoms with Gasteiger partial charge in [0.15, 0.2) is 5.82 Å². The van der Waals surface area contributed by atoms with Gasteiger partial charge in [0.1, 0.15) is 11.5 Å². The van der Waals surface area contributed by atoms with E-state index in [-0.39, 0.29) is 11.9 Å².